The summed E-state index contributed by atoms with van der Waals surface area (Å²) >= 11 is 0. The molecule has 0 aliphatic carbocycles. The van der Waals surface area contributed by atoms with Crippen LogP contribution in [0.4, 0.5) is 0 Å². The summed E-state index contributed by atoms with van der Waals surface area (Å²) in [6, 6.07) is 13.3. The van der Waals surface area contributed by atoms with Crippen LogP contribution in [0, 0.1) is 0 Å². The first kappa shape index (κ1) is 14.1. The van der Waals surface area contributed by atoms with E-state index in [0.717, 1.165) is 16.7 Å². The van der Waals surface area contributed by atoms with E-state index in [4.69, 9.17) is 4.74 Å². The second-order valence-electron chi connectivity index (χ2n) is 5.16. The van der Waals surface area contributed by atoms with Gasteiger partial charge in [0.15, 0.2) is 0 Å². The lowest BCUT2D eigenvalue weighted by molar-refractivity contribution is 0.292. The Balaban J connectivity index is 1.89. The summed E-state index contributed by atoms with van der Waals surface area (Å²) in [5.74, 6) is 0.560. The highest BCUT2D eigenvalue weighted by Crippen LogP contribution is 2.28. The summed E-state index contributed by atoms with van der Waals surface area (Å²) in [5.41, 5.74) is 2.81. The average molecular weight is 295 g/mol. The van der Waals surface area contributed by atoms with E-state index < -0.39 is 0 Å². The molecule has 2 heterocycles. The maximum Gasteiger partial charge on any atom is 0.250 e. The second-order valence-corrected chi connectivity index (χ2v) is 5.16. The fraction of sp³-hybridized carbons (Fsp3) is 0.176. The van der Waals surface area contributed by atoms with E-state index in [-0.39, 0.29) is 5.56 Å². The maximum atomic E-state index is 11.5. The third-order valence-corrected chi connectivity index (χ3v) is 3.41. The van der Waals surface area contributed by atoms with Gasteiger partial charge in [-0.05, 0) is 11.6 Å². The Morgan fingerprint density at radius 3 is 2.55 bits per heavy atom. The Morgan fingerprint density at radius 2 is 1.82 bits per heavy atom. The number of hydrogen-bond acceptors (Lipinski definition) is 3. The van der Waals surface area contributed by atoms with Crippen LogP contribution in [-0.4, -0.2) is 14.3 Å². The van der Waals surface area contributed by atoms with Crippen LogP contribution in [0.3, 0.4) is 0 Å². The molecule has 3 rings (SSSR count). The van der Waals surface area contributed by atoms with E-state index in [1.807, 2.05) is 43.6 Å². The highest BCUT2D eigenvalue weighted by molar-refractivity contribution is 5.67. The monoisotopic (exact) mass is 295 g/mol. The van der Waals surface area contributed by atoms with Crippen molar-refractivity contribution in [1.29, 1.82) is 0 Å². The van der Waals surface area contributed by atoms with E-state index in [1.54, 1.807) is 34.6 Å². The minimum Gasteiger partial charge on any atom is -0.471 e. The molecule has 0 N–H and O–H groups in total. The molecule has 0 fully saturated rings. The molecular formula is C17H17N3O2. The van der Waals surface area contributed by atoms with Crippen molar-refractivity contribution < 1.29 is 4.74 Å². The number of pyridine rings is 1. The molecular weight excluding hydrogens is 278 g/mol. The van der Waals surface area contributed by atoms with Gasteiger partial charge in [-0.25, -0.2) is 0 Å². The van der Waals surface area contributed by atoms with E-state index >= 15 is 0 Å². The maximum absolute atomic E-state index is 11.5. The van der Waals surface area contributed by atoms with E-state index in [9.17, 15) is 4.79 Å². The van der Waals surface area contributed by atoms with Crippen molar-refractivity contribution in [2.24, 2.45) is 14.1 Å². The molecule has 22 heavy (non-hydrogen) atoms. The Morgan fingerprint density at radius 1 is 1.05 bits per heavy atom. The van der Waals surface area contributed by atoms with Gasteiger partial charge in [-0.3, -0.25) is 9.48 Å². The van der Waals surface area contributed by atoms with Crippen LogP contribution in [0.2, 0.25) is 0 Å². The standard InChI is InChI=1S/C17H17N3O2/c1-19-10-14(8-9-16(19)21)15-11-20(2)18-17(15)22-12-13-6-4-3-5-7-13/h3-11H,12H2,1-2H3. The number of aryl methyl sites for hydroxylation is 2. The lowest BCUT2D eigenvalue weighted by Gasteiger charge is -2.06. The number of benzene rings is 1. The van der Waals surface area contributed by atoms with Crippen LogP contribution in [0.25, 0.3) is 11.1 Å². The van der Waals surface area contributed by atoms with Crippen molar-refractivity contribution in [3.8, 4) is 17.0 Å². The Hall–Kier alpha value is -2.82. The zero-order valence-corrected chi connectivity index (χ0v) is 12.6. The molecule has 3 aromatic rings. The molecule has 0 saturated heterocycles. The van der Waals surface area contributed by atoms with Gasteiger partial charge in [-0.15, -0.1) is 5.10 Å². The molecule has 2 aromatic heterocycles. The van der Waals surface area contributed by atoms with Crippen LogP contribution in [0.5, 0.6) is 5.88 Å². The van der Waals surface area contributed by atoms with Crippen molar-refractivity contribution in [2.45, 2.75) is 6.61 Å². The van der Waals surface area contributed by atoms with E-state index in [1.165, 1.54) is 0 Å². The Kier molecular flexibility index (Phi) is 3.78. The van der Waals surface area contributed by atoms with E-state index in [0.29, 0.717) is 12.5 Å². The highest BCUT2D eigenvalue weighted by Gasteiger charge is 2.12. The van der Waals surface area contributed by atoms with Gasteiger partial charge < -0.3 is 9.30 Å². The van der Waals surface area contributed by atoms with Crippen molar-refractivity contribution >= 4 is 0 Å². The van der Waals surface area contributed by atoms with Crippen LogP contribution in [-0.2, 0) is 20.7 Å². The number of rotatable bonds is 4. The largest absolute Gasteiger partial charge is 0.471 e. The third kappa shape index (κ3) is 2.93. The summed E-state index contributed by atoms with van der Waals surface area (Å²) in [6.07, 6.45) is 3.68. The van der Waals surface area contributed by atoms with Crippen molar-refractivity contribution in [2.75, 3.05) is 0 Å². The van der Waals surface area contributed by atoms with Gasteiger partial charge in [0.2, 0.25) is 11.4 Å². The summed E-state index contributed by atoms with van der Waals surface area (Å²) in [5, 5.41) is 4.36. The molecule has 1 aromatic carbocycles. The Bertz CT molecular complexity index is 835. The lowest BCUT2D eigenvalue weighted by atomic mass is 10.1. The van der Waals surface area contributed by atoms with Crippen molar-refractivity contribution in [3.63, 3.8) is 0 Å². The number of hydrogen-bond donors (Lipinski definition) is 0. The van der Waals surface area contributed by atoms with Gasteiger partial charge in [0.1, 0.15) is 6.61 Å². The molecule has 0 saturated carbocycles. The molecule has 0 atom stereocenters. The fourth-order valence-electron chi connectivity index (χ4n) is 2.25. The zero-order valence-electron chi connectivity index (χ0n) is 12.6. The van der Waals surface area contributed by atoms with E-state index in [2.05, 4.69) is 5.10 Å². The fourth-order valence-corrected chi connectivity index (χ4v) is 2.25. The van der Waals surface area contributed by atoms with Gasteiger partial charge >= 0.3 is 0 Å². The molecule has 0 unspecified atom stereocenters. The molecule has 0 aliphatic rings. The molecule has 0 spiro atoms. The van der Waals surface area contributed by atoms with Gasteiger partial charge in [-0.2, -0.15) is 0 Å². The summed E-state index contributed by atoms with van der Waals surface area (Å²) in [7, 11) is 3.58. The van der Waals surface area contributed by atoms with Gasteiger partial charge in [-0.1, -0.05) is 30.3 Å². The molecule has 0 bridgehead atoms. The average Bonchev–Trinajstić information content (AvgIpc) is 2.90. The van der Waals surface area contributed by atoms with Crippen LogP contribution < -0.4 is 10.3 Å². The molecule has 0 radical (unpaired) electrons. The quantitative estimate of drug-likeness (QED) is 0.742. The topological polar surface area (TPSA) is 49.0 Å². The van der Waals surface area contributed by atoms with Gasteiger partial charge in [0.25, 0.3) is 0 Å². The minimum atomic E-state index is -0.0422. The first-order valence-corrected chi connectivity index (χ1v) is 7.01. The smallest absolute Gasteiger partial charge is 0.250 e. The zero-order chi connectivity index (χ0) is 15.5. The molecule has 0 aliphatic heterocycles. The van der Waals surface area contributed by atoms with Crippen LogP contribution >= 0.6 is 0 Å². The summed E-state index contributed by atoms with van der Waals surface area (Å²) in [4.78, 5) is 11.5. The normalized spacial score (nSPS) is 10.6. The second kappa shape index (κ2) is 5.89. The molecule has 5 nitrogen and oxygen atoms in total. The van der Waals surface area contributed by atoms with Crippen LogP contribution in [0.15, 0.2) is 59.7 Å². The number of aromatic nitrogens is 3. The van der Waals surface area contributed by atoms with Crippen molar-refractivity contribution in [1.82, 2.24) is 14.3 Å². The molecule has 0 amide bonds. The highest BCUT2D eigenvalue weighted by atomic mass is 16.5. The summed E-state index contributed by atoms with van der Waals surface area (Å²) < 4.78 is 9.10. The lowest BCUT2D eigenvalue weighted by Crippen LogP contribution is -2.13. The SMILES string of the molecule is Cn1cc(-c2ccc(=O)n(C)c2)c(OCc2ccccc2)n1. The predicted octanol–water partition coefficient (Wildman–Crippen LogP) is 2.36. The Labute approximate surface area is 128 Å². The first-order valence-electron chi connectivity index (χ1n) is 7.01. The first-order chi connectivity index (χ1) is 10.6. The number of nitrogens with zero attached hydrogens (tertiary/aromatic N) is 3. The predicted molar refractivity (Wildman–Crippen MR) is 84.7 cm³/mol. The van der Waals surface area contributed by atoms with Crippen LogP contribution in [0.1, 0.15) is 5.56 Å². The molecule has 112 valence electrons. The summed E-state index contributed by atoms with van der Waals surface area (Å²) in [6.45, 7) is 0.455. The molecule has 5 heteroatoms. The van der Waals surface area contributed by atoms with Gasteiger partial charge in [0, 0.05) is 38.1 Å². The van der Waals surface area contributed by atoms with Gasteiger partial charge in [0.05, 0.1) is 5.56 Å². The van der Waals surface area contributed by atoms with Crippen molar-refractivity contribution in [3.05, 3.63) is 70.8 Å². The number of ether oxygens (including phenoxy) is 1. The third-order valence-electron chi connectivity index (χ3n) is 3.41. The minimum absolute atomic E-state index is 0.0422.